The van der Waals surface area contributed by atoms with Gasteiger partial charge in [0.1, 0.15) is 5.69 Å². The summed E-state index contributed by atoms with van der Waals surface area (Å²) in [5.41, 5.74) is 3.38. The molecule has 1 aromatic heterocycles. The van der Waals surface area contributed by atoms with Gasteiger partial charge in [-0.15, -0.1) is 0 Å². The Morgan fingerprint density at radius 2 is 1.80 bits per heavy atom. The minimum Gasteiger partial charge on any atom is -0.411 e. The highest BCUT2D eigenvalue weighted by atomic mass is 19.1. The van der Waals surface area contributed by atoms with Crippen LogP contribution in [-0.2, 0) is 19.3 Å². The average Bonchev–Trinajstić information content (AvgIpc) is 2.49. The fourth-order valence-electron chi connectivity index (χ4n) is 2.00. The highest BCUT2D eigenvalue weighted by Crippen LogP contribution is 2.10. The van der Waals surface area contributed by atoms with E-state index in [2.05, 4.69) is 41.3 Å². The van der Waals surface area contributed by atoms with Gasteiger partial charge in [0.05, 0.1) is 6.21 Å². The van der Waals surface area contributed by atoms with Crippen LogP contribution in [0.3, 0.4) is 0 Å². The van der Waals surface area contributed by atoms with Crippen LogP contribution in [0.4, 0.5) is 4.39 Å². The van der Waals surface area contributed by atoms with Crippen molar-refractivity contribution in [1.82, 2.24) is 4.98 Å². The zero-order valence-corrected chi connectivity index (χ0v) is 11.4. The van der Waals surface area contributed by atoms with Gasteiger partial charge >= 0.3 is 0 Å². The number of aryl methyl sites for hydroxylation is 3. The number of rotatable bonds is 5. The van der Waals surface area contributed by atoms with Crippen molar-refractivity contribution in [3.05, 3.63) is 64.7 Å². The molecule has 3 nitrogen and oxygen atoms in total. The van der Waals surface area contributed by atoms with E-state index in [-0.39, 0.29) is 5.69 Å². The van der Waals surface area contributed by atoms with Gasteiger partial charge in [-0.05, 0) is 42.5 Å². The van der Waals surface area contributed by atoms with Crippen LogP contribution < -0.4 is 0 Å². The van der Waals surface area contributed by atoms with Gasteiger partial charge in [0, 0.05) is 5.69 Å². The summed E-state index contributed by atoms with van der Waals surface area (Å²) in [6.45, 7) is 2.13. The van der Waals surface area contributed by atoms with Gasteiger partial charge in [-0.1, -0.05) is 36.3 Å². The first-order chi connectivity index (χ1) is 9.72. The van der Waals surface area contributed by atoms with E-state index in [0.29, 0.717) is 0 Å². The Hall–Kier alpha value is -2.23. The van der Waals surface area contributed by atoms with Crippen LogP contribution in [-0.4, -0.2) is 16.4 Å². The number of oxime groups is 1. The van der Waals surface area contributed by atoms with Gasteiger partial charge < -0.3 is 5.21 Å². The second-order valence-corrected chi connectivity index (χ2v) is 4.58. The normalized spacial score (nSPS) is 11.1. The Morgan fingerprint density at radius 1 is 1.10 bits per heavy atom. The van der Waals surface area contributed by atoms with Crippen LogP contribution >= 0.6 is 0 Å². The van der Waals surface area contributed by atoms with Gasteiger partial charge in [-0.2, -0.15) is 0 Å². The second-order valence-electron chi connectivity index (χ2n) is 4.58. The summed E-state index contributed by atoms with van der Waals surface area (Å²) in [5, 5.41) is 11.3. The van der Waals surface area contributed by atoms with Gasteiger partial charge in [0.2, 0.25) is 0 Å². The van der Waals surface area contributed by atoms with E-state index < -0.39 is 5.82 Å². The van der Waals surface area contributed by atoms with E-state index in [1.165, 1.54) is 17.2 Å². The molecule has 1 N–H and O–H groups in total. The molecule has 0 saturated carbocycles. The molecule has 0 aliphatic rings. The first-order valence-electron chi connectivity index (χ1n) is 6.63. The van der Waals surface area contributed by atoms with Gasteiger partial charge in [0.15, 0.2) is 5.82 Å². The lowest BCUT2D eigenvalue weighted by atomic mass is 10.0. The molecule has 0 aliphatic heterocycles. The molecule has 2 aromatic rings. The number of pyridine rings is 1. The molecule has 20 heavy (non-hydrogen) atoms. The van der Waals surface area contributed by atoms with Crippen LogP contribution in [0.2, 0.25) is 0 Å². The molecule has 104 valence electrons. The maximum absolute atomic E-state index is 13.3. The number of aromatic nitrogens is 1. The van der Waals surface area contributed by atoms with Crippen molar-refractivity contribution in [2.75, 3.05) is 0 Å². The van der Waals surface area contributed by atoms with Gasteiger partial charge in [-0.3, -0.25) is 0 Å². The minimum atomic E-state index is -0.487. The molecule has 4 heteroatoms. The van der Waals surface area contributed by atoms with Crippen LogP contribution in [0.25, 0.3) is 0 Å². The molecule has 0 radical (unpaired) electrons. The molecular weight excluding hydrogens is 255 g/mol. The first kappa shape index (κ1) is 14.2. The van der Waals surface area contributed by atoms with Crippen LogP contribution in [0.1, 0.15) is 29.4 Å². The molecule has 1 aromatic carbocycles. The topological polar surface area (TPSA) is 45.5 Å². The predicted molar refractivity (Wildman–Crippen MR) is 76.8 cm³/mol. The molecule has 0 spiro atoms. The monoisotopic (exact) mass is 272 g/mol. The lowest BCUT2D eigenvalue weighted by molar-refractivity contribution is 0.321. The average molecular weight is 272 g/mol. The van der Waals surface area contributed by atoms with Crippen molar-refractivity contribution < 1.29 is 9.60 Å². The Kier molecular flexibility index (Phi) is 4.82. The standard InChI is InChI=1S/C16H17FN2O/c1-2-12-3-5-13(6-4-12)7-8-14-9-10-15(17)16(19-14)11-18-20/h3-6,9-11,20H,2,7-8H2,1H3/b18-11-. The maximum atomic E-state index is 13.3. The summed E-state index contributed by atoms with van der Waals surface area (Å²) in [6, 6.07) is 11.5. The van der Waals surface area contributed by atoms with Crippen molar-refractivity contribution in [2.24, 2.45) is 5.16 Å². The van der Waals surface area contributed by atoms with E-state index in [1.54, 1.807) is 6.07 Å². The number of hydrogen-bond acceptors (Lipinski definition) is 3. The van der Waals surface area contributed by atoms with Gasteiger partial charge in [-0.25, -0.2) is 9.37 Å². The zero-order valence-electron chi connectivity index (χ0n) is 11.4. The fourth-order valence-corrected chi connectivity index (χ4v) is 2.00. The molecule has 0 fully saturated rings. The molecule has 1 heterocycles. The summed E-state index contributed by atoms with van der Waals surface area (Å²) in [7, 11) is 0. The van der Waals surface area contributed by atoms with Crippen molar-refractivity contribution in [3.8, 4) is 0 Å². The van der Waals surface area contributed by atoms with E-state index in [9.17, 15) is 4.39 Å². The summed E-state index contributed by atoms with van der Waals surface area (Å²) in [5.74, 6) is -0.487. The highest BCUT2D eigenvalue weighted by Gasteiger charge is 2.04. The Balaban J connectivity index is 2.04. The third-order valence-electron chi connectivity index (χ3n) is 3.21. The third-order valence-corrected chi connectivity index (χ3v) is 3.21. The van der Waals surface area contributed by atoms with Crippen LogP contribution in [0, 0.1) is 5.82 Å². The summed E-state index contributed by atoms with van der Waals surface area (Å²) in [4.78, 5) is 4.13. The third kappa shape index (κ3) is 3.63. The Bertz CT molecular complexity index is 594. The molecule has 0 unspecified atom stereocenters. The number of benzene rings is 1. The minimum absolute atomic E-state index is 0.0614. The van der Waals surface area contributed by atoms with E-state index in [4.69, 9.17) is 5.21 Å². The second kappa shape index (κ2) is 6.80. The SMILES string of the molecule is CCc1ccc(CCc2ccc(F)c(/C=N\O)n2)cc1. The number of hydrogen-bond donors (Lipinski definition) is 1. The largest absolute Gasteiger partial charge is 0.411 e. The quantitative estimate of drug-likeness (QED) is 0.515. The van der Waals surface area contributed by atoms with E-state index in [1.807, 2.05) is 0 Å². The van der Waals surface area contributed by atoms with Crippen molar-refractivity contribution >= 4 is 6.21 Å². The number of nitrogens with zero attached hydrogens (tertiary/aromatic N) is 2. The summed E-state index contributed by atoms with van der Waals surface area (Å²) < 4.78 is 13.3. The molecule has 0 bridgehead atoms. The van der Waals surface area contributed by atoms with E-state index >= 15 is 0 Å². The van der Waals surface area contributed by atoms with E-state index in [0.717, 1.165) is 31.2 Å². The number of halogens is 1. The van der Waals surface area contributed by atoms with Crippen molar-refractivity contribution in [3.63, 3.8) is 0 Å². The predicted octanol–water partition coefficient (Wildman–Crippen LogP) is 3.38. The highest BCUT2D eigenvalue weighted by molar-refractivity contribution is 5.76. The summed E-state index contributed by atoms with van der Waals surface area (Å²) >= 11 is 0. The molecular formula is C16H17FN2O. The smallest absolute Gasteiger partial charge is 0.150 e. The van der Waals surface area contributed by atoms with Crippen molar-refractivity contribution in [1.29, 1.82) is 0 Å². The Morgan fingerprint density at radius 3 is 2.45 bits per heavy atom. The van der Waals surface area contributed by atoms with Crippen molar-refractivity contribution in [2.45, 2.75) is 26.2 Å². The molecule has 0 amide bonds. The Labute approximate surface area is 117 Å². The zero-order chi connectivity index (χ0) is 14.4. The molecule has 0 aliphatic carbocycles. The molecule has 0 saturated heterocycles. The van der Waals surface area contributed by atoms with Crippen LogP contribution in [0.15, 0.2) is 41.6 Å². The maximum Gasteiger partial charge on any atom is 0.150 e. The van der Waals surface area contributed by atoms with Gasteiger partial charge in [0.25, 0.3) is 0 Å². The fraction of sp³-hybridized carbons (Fsp3) is 0.250. The molecule has 0 atom stereocenters. The lowest BCUT2D eigenvalue weighted by Gasteiger charge is -2.04. The van der Waals surface area contributed by atoms with Crippen LogP contribution in [0.5, 0.6) is 0 Å². The lowest BCUT2D eigenvalue weighted by Crippen LogP contribution is -2.00. The summed E-state index contributed by atoms with van der Waals surface area (Å²) in [6.07, 6.45) is 3.61. The first-order valence-corrected chi connectivity index (χ1v) is 6.63. The molecule has 2 rings (SSSR count).